The van der Waals surface area contributed by atoms with Gasteiger partial charge in [0, 0.05) is 0 Å². The molecule has 1 rings (SSSR count). The second-order valence-corrected chi connectivity index (χ2v) is 3.09. The summed E-state index contributed by atoms with van der Waals surface area (Å²) in [6, 6.07) is 2.70. The van der Waals surface area contributed by atoms with E-state index in [0.717, 1.165) is 0 Å². The molecule has 0 aliphatic carbocycles. The van der Waals surface area contributed by atoms with Crippen LogP contribution >= 0.6 is 0 Å². The van der Waals surface area contributed by atoms with Gasteiger partial charge in [0.1, 0.15) is 5.82 Å². The molecule has 0 unspecified atom stereocenters. The van der Waals surface area contributed by atoms with Crippen molar-refractivity contribution in [1.29, 1.82) is 0 Å². The first kappa shape index (κ1) is 9.71. The molecule has 0 spiro atoms. The van der Waals surface area contributed by atoms with E-state index in [1.807, 2.05) is 0 Å². The molecule has 70 valence electrons. The summed E-state index contributed by atoms with van der Waals surface area (Å²) in [6.45, 7) is 3.43. The molecule has 0 saturated carbocycles. The standard InChI is InChI=1S/C10H11FO2/c1-6-3-8(11)4-7(2)9(6)5-10(12)13/h3-4H,5H2,1-2H3,(H,12,13). The third-order valence-electron chi connectivity index (χ3n) is 1.99. The fourth-order valence-electron chi connectivity index (χ4n) is 1.37. The molecule has 3 heteroatoms. The predicted octanol–water partition coefficient (Wildman–Crippen LogP) is 2.07. The summed E-state index contributed by atoms with van der Waals surface area (Å²) in [7, 11) is 0. The molecule has 0 radical (unpaired) electrons. The number of carbonyl (C=O) groups is 1. The molecule has 0 heterocycles. The van der Waals surface area contributed by atoms with Crippen molar-refractivity contribution in [3.8, 4) is 0 Å². The molecule has 0 bridgehead atoms. The lowest BCUT2D eigenvalue weighted by molar-refractivity contribution is -0.136. The Bertz CT molecular complexity index is 322. The monoisotopic (exact) mass is 182 g/mol. The molecule has 0 fully saturated rings. The summed E-state index contributed by atoms with van der Waals surface area (Å²) in [4.78, 5) is 10.5. The number of aliphatic carboxylic acids is 1. The molecule has 2 nitrogen and oxygen atoms in total. The van der Waals surface area contributed by atoms with Crippen molar-refractivity contribution >= 4 is 5.97 Å². The van der Waals surface area contributed by atoms with Gasteiger partial charge in [-0.2, -0.15) is 0 Å². The zero-order valence-electron chi connectivity index (χ0n) is 7.60. The molecule has 0 aliphatic rings. The minimum Gasteiger partial charge on any atom is -0.481 e. The Morgan fingerprint density at radius 3 is 2.23 bits per heavy atom. The number of aryl methyl sites for hydroxylation is 2. The first-order valence-corrected chi connectivity index (χ1v) is 3.98. The highest BCUT2D eigenvalue weighted by atomic mass is 19.1. The molecule has 0 atom stereocenters. The van der Waals surface area contributed by atoms with E-state index in [4.69, 9.17) is 5.11 Å². The fourth-order valence-corrected chi connectivity index (χ4v) is 1.37. The molecule has 0 amide bonds. The van der Waals surface area contributed by atoms with Crippen LogP contribution in [0.15, 0.2) is 12.1 Å². The number of carboxylic acids is 1. The molecular formula is C10H11FO2. The average Bonchev–Trinajstić information content (AvgIpc) is 1.96. The largest absolute Gasteiger partial charge is 0.481 e. The summed E-state index contributed by atoms with van der Waals surface area (Å²) in [5, 5.41) is 8.59. The van der Waals surface area contributed by atoms with Crippen molar-refractivity contribution < 1.29 is 14.3 Å². The summed E-state index contributed by atoms with van der Waals surface area (Å²) in [5.74, 6) is -1.21. The summed E-state index contributed by atoms with van der Waals surface area (Å²) < 4.78 is 12.8. The highest BCUT2D eigenvalue weighted by Gasteiger charge is 2.08. The van der Waals surface area contributed by atoms with Crippen LogP contribution in [0.5, 0.6) is 0 Å². The molecule has 1 N–H and O–H groups in total. The van der Waals surface area contributed by atoms with Crippen molar-refractivity contribution in [3.63, 3.8) is 0 Å². The minimum absolute atomic E-state index is 0.0437. The van der Waals surface area contributed by atoms with E-state index < -0.39 is 5.97 Å². The smallest absolute Gasteiger partial charge is 0.307 e. The van der Waals surface area contributed by atoms with Crippen LogP contribution in [0.1, 0.15) is 16.7 Å². The van der Waals surface area contributed by atoms with Crippen LogP contribution in [0, 0.1) is 19.7 Å². The van der Waals surface area contributed by atoms with E-state index in [9.17, 15) is 9.18 Å². The molecule has 0 aromatic heterocycles. The van der Waals surface area contributed by atoms with Crippen LogP contribution in [-0.4, -0.2) is 11.1 Å². The van der Waals surface area contributed by atoms with Crippen LogP contribution in [0.2, 0.25) is 0 Å². The van der Waals surface area contributed by atoms with Gasteiger partial charge in [0.15, 0.2) is 0 Å². The predicted molar refractivity (Wildman–Crippen MR) is 47.2 cm³/mol. The van der Waals surface area contributed by atoms with Gasteiger partial charge in [-0.3, -0.25) is 4.79 Å². The lowest BCUT2D eigenvalue weighted by Gasteiger charge is -2.06. The third kappa shape index (κ3) is 2.28. The van der Waals surface area contributed by atoms with Gasteiger partial charge in [-0.1, -0.05) is 0 Å². The van der Waals surface area contributed by atoms with E-state index in [-0.39, 0.29) is 12.2 Å². The Kier molecular flexibility index (Phi) is 2.66. The summed E-state index contributed by atoms with van der Waals surface area (Å²) >= 11 is 0. The molecule has 0 saturated heterocycles. The van der Waals surface area contributed by atoms with Crippen molar-refractivity contribution in [1.82, 2.24) is 0 Å². The Labute approximate surface area is 76.0 Å². The number of hydrogen-bond donors (Lipinski definition) is 1. The van der Waals surface area contributed by atoms with Gasteiger partial charge in [-0.25, -0.2) is 4.39 Å². The van der Waals surface area contributed by atoms with Gasteiger partial charge in [0.2, 0.25) is 0 Å². The summed E-state index contributed by atoms with van der Waals surface area (Å²) in [6.07, 6.45) is -0.0437. The van der Waals surface area contributed by atoms with Crippen LogP contribution in [0.25, 0.3) is 0 Å². The van der Waals surface area contributed by atoms with Crippen LogP contribution < -0.4 is 0 Å². The number of carboxylic acid groups (broad SMARTS) is 1. The zero-order valence-corrected chi connectivity index (χ0v) is 7.60. The normalized spacial score (nSPS) is 10.1. The first-order chi connectivity index (χ1) is 6.00. The quantitative estimate of drug-likeness (QED) is 0.760. The highest BCUT2D eigenvalue weighted by Crippen LogP contribution is 2.16. The maximum absolute atomic E-state index is 12.8. The lowest BCUT2D eigenvalue weighted by Crippen LogP contribution is -2.04. The topological polar surface area (TPSA) is 37.3 Å². The van der Waals surface area contributed by atoms with E-state index in [0.29, 0.717) is 16.7 Å². The third-order valence-corrected chi connectivity index (χ3v) is 1.99. The van der Waals surface area contributed by atoms with Crippen molar-refractivity contribution in [2.75, 3.05) is 0 Å². The minimum atomic E-state index is -0.891. The number of hydrogen-bond acceptors (Lipinski definition) is 1. The molecule has 1 aromatic carbocycles. The van der Waals surface area contributed by atoms with E-state index in [2.05, 4.69) is 0 Å². The number of halogens is 1. The van der Waals surface area contributed by atoms with Crippen molar-refractivity contribution in [2.24, 2.45) is 0 Å². The number of benzene rings is 1. The highest BCUT2D eigenvalue weighted by molar-refractivity contribution is 5.71. The van der Waals surface area contributed by atoms with Gasteiger partial charge in [-0.05, 0) is 42.7 Å². The lowest BCUT2D eigenvalue weighted by atomic mass is 10.00. The molecule has 13 heavy (non-hydrogen) atoms. The summed E-state index contributed by atoms with van der Waals surface area (Å²) in [5.41, 5.74) is 2.09. The SMILES string of the molecule is Cc1cc(F)cc(C)c1CC(=O)O. The van der Waals surface area contributed by atoms with Crippen LogP contribution in [0.4, 0.5) is 4.39 Å². The van der Waals surface area contributed by atoms with Gasteiger partial charge in [0.25, 0.3) is 0 Å². The van der Waals surface area contributed by atoms with Gasteiger partial charge >= 0.3 is 5.97 Å². The van der Waals surface area contributed by atoms with Gasteiger partial charge in [0.05, 0.1) is 6.42 Å². The maximum Gasteiger partial charge on any atom is 0.307 e. The fraction of sp³-hybridized carbons (Fsp3) is 0.300. The van der Waals surface area contributed by atoms with E-state index >= 15 is 0 Å². The van der Waals surface area contributed by atoms with Crippen molar-refractivity contribution in [2.45, 2.75) is 20.3 Å². The zero-order chi connectivity index (χ0) is 10.0. The first-order valence-electron chi connectivity index (χ1n) is 3.98. The van der Waals surface area contributed by atoms with E-state index in [1.54, 1.807) is 13.8 Å². The van der Waals surface area contributed by atoms with E-state index in [1.165, 1.54) is 12.1 Å². The van der Waals surface area contributed by atoms with Gasteiger partial charge < -0.3 is 5.11 Å². The van der Waals surface area contributed by atoms with Crippen LogP contribution in [0.3, 0.4) is 0 Å². The second kappa shape index (κ2) is 3.56. The average molecular weight is 182 g/mol. The van der Waals surface area contributed by atoms with Gasteiger partial charge in [-0.15, -0.1) is 0 Å². The maximum atomic E-state index is 12.8. The Hall–Kier alpha value is -1.38. The molecule has 0 aliphatic heterocycles. The Balaban J connectivity index is 3.13. The number of rotatable bonds is 2. The second-order valence-electron chi connectivity index (χ2n) is 3.09. The molecular weight excluding hydrogens is 171 g/mol. The van der Waals surface area contributed by atoms with Crippen molar-refractivity contribution in [3.05, 3.63) is 34.6 Å². The van der Waals surface area contributed by atoms with Crippen LogP contribution in [-0.2, 0) is 11.2 Å². The Morgan fingerprint density at radius 2 is 1.85 bits per heavy atom. The molecule has 1 aromatic rings. The Morgan fingerprint density at radius 1 is 1.38 bits per heavy atom.